The molecule has 0 bridgehead atoms. The van der Waals surface area contributed by atoms with E-state index in [1.165, 1.54) is 29.4 Å². The predicted octanol–water partition coefficient (Wildman–Crippen LogP) is 4.33. The van der Waals surface area contributed by atoms with E-state index >= 15 is 0 Å². The van der Waals surface area contributed by atoms with Gasteiger partial charge in [0.25, 0.3) is 0 Å². The van der Waals surface area contributed by atoms with Crippen LogP contribution in [-0.2, 0) is 24.1 Å². The van der Waals surface area contributed by atoms with Gasteiger partial charge in [0, 0.05) is 31.6 Å². The average Bonchev–Trinajstić information content (AvgIpc) is 3.22. The lowest BCUT2D eigenvalue weighted by Crippen LogP contribution is -2.43. The number of methoxy groups -OCH3 is 2. The second kappa shape index (κ2) is 10.1. The molecule has 1 atom stereocenters. The van der Waals surface area contributed by atoms with Crippen LogP contribution in [0.1, 0.15) is 29.5 Å². The predicted molar refractivity (Wildman–Crippen MR) is 133 cm³/mol. The third-order valence-electron chi connectivity index (χ3n) is 7.39. The van der Waals surface area contributed by atoms with Crippen LogP contribution < -0.4 is 9.47 Å². The number of hydrogen-bond acceptors (Lipinski definition) is 5. The van der Waals surface area contributed by atoms with E-state index in [-0.39, 0.29) is 5.91 Å². The number of benzene rings is 2. The second-order valence-electron chi connectivity index (χ2n) is 9.56. The van der Waals surface area contributed by atoms with Crippen molar-refractivity contribution in [1.82, 2.24) is 9.80 Å². The van der Waals surface area contributed by atoms with Crippen molar-refractivity contribution in [2.24, 2.45) is 5.92 Å². The van der Waals surface area contributed by atoms with Crippen LogP contribution in [0.3, 0.4) is 0 Å². The van der Waals surface area contributed by atoms with Gasteiger partial charge in [0.1, 0.15) is 5.58 Å². The van der Waals surface area contributed by atoms with Crippen molar-refractivity contribution in [3.8, 4) is 11.5 Å². The lowest BCUT2D eigenvalue weighted by atomic mass is 9.96. The minimum absolute atomic E-state index is 0.216. The van der Waals surface area contributed by atoms with E-state index in [1.807, 2.05) is 30.5 Å². The molecule has 180 valence electrons. The fourth-order valence-corrected chi connectivity index (χ4v) is 5.53. The zero-order valence-electron chi connectivity index (χ0n) is 20.2. The number of para-hydroxylation sites is 1. The lowest BCUT2D eigenvalue weighted by Gasteiger charge is -2.35. The number of ether oxygens (including phenoxy) is 2. The molecule has 3 aromatic rings. The summed E-state index contributed by atoms with van der Waals surface area (Å²) in [5.74, 6) is 2.16. The lowest BCUT2D eigenvalue weighted by molar-refractivity contribution is -0.131. The summed E-state index contributed by atoms with van der Waals surface area (Å²) in [4.78, 5) is 17.8. The Hall–Kier alpha value is -2.99. The number of amides is 1. The molecule has 6 heteroatoms. The molecule has 1 amide bonds. The zero-order valence-corrected chi connectivity index (χ0v) is 20.2. The number of rotatable bonds is 7. The highest BCUT2D eigenvalue weighted by Gasteiger charge is 2.27. The van der Waals surface area contributed by atoms with E-state index in [4.69, 9.17) is 13.9 Å². The van der Waals surface area contributed by atoms with Crippen molar-refractivity contribution < 1.29 is 18.7 Å². The maximum atomic E-state index is 13.1. The molecule has 1 saturated heterocycles. The van der Waals surface area contributed by atoms with E-state index in [9.17, 15) is 4.79 Å². The van der Waals surface area contributed by atoms with Gasteiger partial charge in [-0.05, 0) is 73.0 Å². The molecule has 1 unspecified atom stereocenters. The Balaban J connectivity index is 1.19. The Morgan fingerprint density at radius 3 is 2.68 bits per heavy atom. The molecule has 0 aliphatic carbocycles. The van der Waals surface area contributed by atoms with Crippen molar-refractivity contribution in [2.75, 3.05) is 46.9 Å². The number of nitrogens with zero attached hydrogens (tertiary/aromatic N) is 2. The highest BCUT2D eigenvalue weighted by molar-refractivity contribution is 5.81. The largest absolute Gasteiger partial charge is 0.493 e. The van der Waals surface area contributed by atoms with Crippen LogP contribution in [0.25, 0.3) is 11.0 Å². The highest BCUT2D eigenvalue weighted by atomic mass is 16.5. The second-order valence-corrected chi connectivity index (χ2v) is 9.56. The number of piperidine rings is 1. The van der Waals surface area contributed by atoms with E-state index in [1.54, 1.807) is 14.2 Å². The van der Waals surface area contributed by atoms with Crippen LogP contribution in [0.15, 0.2) is 47.1 Å². The molecule has 2 aliphatic rings. The first-order chi connectivity index (χ1) is 16.6. The third kappa shape index (κ3) is 4.78. The van der Waals surface area contributed by atoms with Crippen LogP contribution in [0.2, 0.25) is 0 Å². The monoisotopic (exact) mass is 462 g/mol. The van der Waals surface area contributed by atoms with E-state index < -0.39 is 0 Å². The minimum Gasteiger partial charge on any atom is -0.493 e. The summed E-state index contributed by atoms with van der Waals surface area (Å²) >= 11 is 0. The summed E-state index contributed by atoms with van der Waals surface area (Å²) in [6.45, 7) is 4.81. The maximum Gasteiger partial charge on any atom is 0.227 e. The van der Waals surface area contributed by atoms with Gasteiger partial charge in [-0.25, -0.2) is 0 Å². The summed E-state index contributed by atoms with van der Waals surface area (Å²) in [5.41, 5.74) is 4.49. The Kier molecular flexibility index (Phi) is 6.77. The van der Waals surface area contributed by atoms with Crippen LogP contribution in [0.4, 0.5) is 0 Å². The first kappa shape index (κ1) is 22.8. The Labute approximate surface area is 201 Å². The van der Waals surface area contributed by atoms with Gasteiger partial charge in [-0.15, -0.1) is 0 Å². The Morgan fingerprint density at radius 1 is 1.06 bits per heavy atom. The molecule has 6 nitrogen and oxygen atoms in total. The van der Waals surface area contributed by atoms with Crippen LogP contribution in [0, 0.1) is 5.92 Å². The summed E-state index contributed by atoms with van der Waals surface area (Å²) in [6, 6.07) is 12.3. The minimum atomic E-state index is 0.216. The average molecular weight is 463 g/mol. The van der Waals surface area contributed by atoms with E-state index in [2.05, 4.69) is 21.9 Å². The van der Waals surface area contributed by atoms with Gasteiger partial charge in [-0.2, -0.15) is 0 Å². The number of carbonyl (C=O) groups excluding carboxylic acids is 1. The SMILES string of the molecule is COc1cc2c(cc1OC)CC(=O)N(CC1CCCN(CCc3coc4ccccc34)C1)CC2. The zero-order chi connectivity index (χ0) is 23.5. The number of carbonyl (C=O) groups is 1. The van der Waals surface area contributed by atoms with Gasteiger partial charge in [0.2, 0.25) is 5.91 Å². The number of fused-ring (bicyclic) bond motifs is 2. The Morgan fingerprint density at radius 2 is 1.85 bits per heavy atom. The van der Waals surface area contributed by atoms with E-state index in [0.717, 1.165) is 62.5 Å². The van der Waals surface area contributed by atoms with E-state index in [0.29, 0.717) is 18.1 Å². The van der Waals surface area contributed by atoms with Gasteiger partial charge >= 0.3 is 0 Å². The van der Waals surface area contributed by atoms with Gasteiger partial charge in [0.15, 0.2) is 11.5 Å². The molecule has 3 heterocycles. The standard InChI is InChI=1S/C28H34N2O4/c1-32-26-14-21-10-13-30(28(31)16-23(21)15-27(26)33-2)18-20-6-5-11-29(17-20)12-9-22-19-34-25-8-4-3-7-24(22)25/h3-4,7-8,14-15,19-20H,5-6,9-13,16-18H2,1-2H3. The van der Waals surface area contributed by atoms with Crippen molar-refractivity contribution in [1.29, 1.82) is 0 Å². The van der Waals surface area contributed by atoms with Crippen molar-refractivity contribution in [2.45, 2.75) is 32.1 Å². The molecule has 34 heavy (non-hydrogen) atoms. The summed E-state index contributed by atoms with van der Waals surface area (Å²) in [7, 11) is 3.29. The molecule has 1 aromatic heterocycles. The first-order valence-corrected chi connectivity index (χ1v) is 12.3. The molecule has 0 spiro atoms. The molecule has 1 fully saturated rings. The van der Waals surface area contributed by atoms with Crippen molar-refractivity contribution in [3.05, 3.63) is 59.4 Å². The summed E-state index contributed by atoms with van der Waals surface area (Å²) in [6.07, 6.45) is 6.55. The number of hydrogen-bond donors (Lipinski definition) is 0. The fraction of sp³-hybridized carbons (Fsp3) is 0.464. The maximum absolute atomic E-state index is 13.1. The first-order valence-electron chi connectivity index (χ1n) is 12.3. The third-order valence-corrected chi connectivity index (χ3v) is 7.39. The van der Waals surface area contributed by atoms with Gasteiger partial charge in [-0.3, -0.25) is 4.79 Å². The molecule has 0 N–H and O–H groups in total. The highest BCUT2D eigenvalue weighted by Crippen LogP contribution is 2.33. The molecule has 0 saturated carbocycles. The number of likely N-dealkylation sites (tertiary alicyclic amines) is 1. The molecule has 2 aromatic carbocycles. The normalized spacial score (nSPS) is 19.2. The molecule has 2 aliphatic heterocycles. The summed E-state index contributed by atoms with van der Waals surface area (Å²) < 4.78 is 16.6. The van der Waals surface area contributed by atoms with Gasteiger partial charge < -0.3 is 23.7 Å². The molecular formula is C28H34N2O4. The van der Waals surface area contributed by atoms with Crippen LogP contribution in [0.5, 0.6) is 11.5 Å². The summed E-state index contributed by atoms with van der Waals surface area (Å²) in [5, 5.41) is 1.22. The molecule has 5 rings (SSSR count). The van der Waals surface area contributed by atoms with Crippen LogP contribution >= 0.6 is 0 Å². The Bertz CT molecular complexity index is 1150. The topological polar surface area (TPSA) is 55.2 Å². The van der Waals surface area contributed by atoms with Gasteiger partial charge in [0.05, 0.1) is 26.9 Å². The quantitative estimate of drug-likeness (QED) is 0.523. The smallest absolute Gasteiger partial charge is 0.227 e. The fourth-order valence-electron chi connectivity index (χ4n) is 5.53. The molecule has 0 radical (unpaired) electrons. The van der Waals surface area contributed by atoms with Crippen molar-refractivity contribution >= 4 is 16.9 Å². The van der Waals surface area contributed by atoms with Crippen LogP contribution in [-0.4, -0.2) is 62.7 Å². The van der Waals surface area contributed by atoms with Crippen molar-refractivity contribution in [3.63, 3.8) is 0 Å². The molecular weight excluding hydrogens is 428 g/mol. The number of furan rings is 1. The van der Waals surface area contributed by atoms with Gasteiger partial charge in [-0.1, -0.05) is 18.2 Å².